The number of rotatable bonds is 3. The van der Waals surface area contributed by atoms with Crippen molar-refractivity contribution in [1.82, 2.24) is 9.80 Å². The summed E-state index contributed by atoms with van der Waals surface area (Å²) >= 11 is 0. The molecule has 7 heteroatoms. The number of hydrogen-bond donors (Lipinski definition) is 0. The molecule has 0 N–H and O–H groups in total. The molecule has 150 valence electrons. The van der Waals surface area contributed by atoms with E-state index in [-0.39, 0.29) is 30.9 Å². The van der Waals surface area contributed by atoms with Crippen LogP contribution in [0.2, 0.25) is 0 Å². The molecule has 2 aliphatic rings. The maximum Gasteiger partial charge on any atom is 0.265 e. The van der Waals surface area contributed by atoms with Crippen molar-refractivity contribution in [2.75, 3.05) is 38.7 Å². The molecule has 0 unspecified atom stereocenters. The van der Waals surface area contributed by atoms with Crippen LogP contribution in [0.1, 0.15) is 21.5 Å². The Morgan fingerprint density at radius 1 is 1.10 bits per heavy atom. The maximum atomic E-state index is 13.0. The highest BCUT2D eigenvalue weighted by Crippen LogP contribution is 2.33. The summed E-state index contributed by atoms with van der Waals surface area (Å²) in [6, 6.07) is 13.1. The van der Waals surface area contributed by atoms with Gasteiger partial charge in [-0.1, -0.05) is 24.3 Å². The van der Waals surface area contributed by atoms with Crippen LogP contribution in [0.5, 0.6) is 5.75 Å². The summed E-state index contributed by atoms with van der Waals surface area (Å²) in [4.78, 5) is 42.5. The Labute approximate surface area is 169 Å². The third kappa shape index (κ3) is 3.68. The predicted octanol–water partition coefficient (Wildman–Crippen LogP) is 1.70. The van der Waals surface area contributed by atoms with Crippen LogP contribution in [0, 0.1) is 0 Å². The first-order valence-electron chi connectivity index (χ1n) is 9.57. The Morgan fingerprint density at radius 2 is 1.86 bits per heavy atom. The van der Waals surface area contributed by atoms with Crippen LogP contribution in [0.4, 0.5) is 5.69 Å². The fourth-order valence-electron chi connectivity index (χ4n) is 3.71. The van der Waals surface area contributed by atoms with E-state index in [0.717, 1.165) is 12.0 Å². The van der Waals surface area contributed by atoms with Crippen LogP contribution in [-0.4, -0.2) is 61.3 Å². The zero-order valence-corrected chi connectivity index (χ0v) is 16.6. The van der Waals surface area contributed by atoms with Gasteiger partial charge in [0.2, 0.25) is 5.91 Å². The van der Waals surface area contributed by atoms with Crippen LogP contribution in [0.3, 0.4) is 0 Å². The summed E-state index contributed by atoms with van der Waals surface area (Å²) in [6.45, 7) is 0.973. The van der Waals surface area contributed by atoms with E-state index in [0.29, 0.717) is 30.1 Å². The molecular weight excluding hydrogens is 370 g/mol. The highest BCUT2D eigenvalue weighted by molar-refractivity contribution is 6.04. The van der Waals surface area contributed by atoms with Crippen molar-refractivity contribution in [3.8, 4) is 5.75 Å². The van der Waals surface area contributed by atoms with E-state index in [9.17, 15) is 14.4 Å². The SMILES string of the molecule is CN(C)C(=O)c1ccc2c(c1)N(CC(=O)N1CCc3ccccc3C1)C(=O)CO2. The van der Waals surface area contributed by atoms with Crippen molar-refractivity contribution in [3.05, 3.63) is 59.2 Å². The smallest absolute Gasteiger partial charge is 0.265 e. The third-order valence-corrected chi connectivity index (χ3v) is 5.33. The van der Waals surface area contributed by atoms with E-state index < -0.39 is 0 Å². The number of carbonyl (C=O) groups is 3. The van der Waals surface area contributed by atoms with Crippen molar-refractivity contribution in [1.29, 1.82) is 0 Å². The first kappa shape index (κ1) is 19.0. The van der Waals surface area contributed by atoms with E-state index in [1.165, 1.54) is 15.4 Å². The van der Waals surface area contributed by atoms with Gasteiger partial charge in [0.15, 0.2) is 6.61 Å². The number of amides is 3. The number of carbonyl (C=O) groups excluding carboxylic acids is 3. The van der Waals surface area contributed by atoms with Gasteiger partial charge in [-0.05, 0) is 35.7 Å². The van der Waals surface area contributed by atoms with Gasteiger partial charge in [0.1, 0.15) is 12.3 Å². The topological polar surface area (TPSA) is 70.2 Å². The standard InChI is InChI=1S/C22H23N3O4/c1-23(2)22(28)16-7-8-19-18(11-16)25(21(27)14-29-19)13-20(26)24-10-9-15-5-3-4-6-17(15)12-24/h3-8,11H,9-10,12-14H2,1-2H3. The largest absolute Gasteiger partial charge is 0.482 e. The average Bonchev–Trinajstić information content (AvgIpc) is 2.74. The van der Waals surface area contributed by atoms with E-state index in [1.54, 1.807) is 37.2 Å². The molecular formula is C22H23N3O4. The summed E-state index contributed by atoms with van der Waals surface area (Å²) in [7, 11) is 3.33. The van der Waals surface area contributed by atoms with Crippen molar-refractivity contribution >= 4 is 23.4 Å². The van der Waals surface area contributed by atoms with E-state index in [4.69, 9.17) is 4.74 Å². The van der Waals surface area contributed by atoms with Crippen LogP contribution < -0.4 is 9.64 Å². The Kier molecular flexibility index (Phi) is 4.96. The lowest BCUT2D eigenvalue weighted by Gasteiger charge is -2.33. The van der Waals surface area contributed by atoms with Gasteiger partial charge in [0.05, 0.1) is 5.69 Å². The average molecular weight is 393 g/mol. The molecule has 2 aromatic rings. The fourth-order valence-corrected chi connectivity index (χ4v) is 3.71. The quantitative estimate of drug-likeness (QED) is 0.796. The number of ether oxygens (including phenoxy) is 1. The number of anilines is 1. The summed E-state index contributed by atoms with van der Waals surface area (Å²) in [5, 5.41) is 0. The van der Waals surface area contributed by atoms with Crippen LogP contribution in [0.15, 0.2) is 42.5 Å². The first-order valence-corrected chi connectivity index (χ1v) is 9.57. The second-order valence-electron chi connectivity index (χ2n) is 7.48. The van der Waals surface area contributed by atoms with Crippen molar-refractivity contribution in [2.45, 2.75) is 13.0 Å². The molecule has 0 aliphatic carbocycles. The molecule has 0 radical (unpaired) electrons. The minimum Gasteiger partial charge on any atom is -0.482 e. The fraction of sp³-hybridized carbons (Fsp3) is 0.318. The Morgan fingerprint density at radius 3 is 2.62 bits per heavy atom. The van der Waals surface area contributed by atoms with Crippen molar-refractivity contribution in [2.24, 2.45) is 0 Å². The molecule has 3 amide bonds. The van der Waals surface area contributed by atoms with E-state index >= 15 is 0 Å². The summed E-state index contributed by atoms with van der Waals surface area (Å²) in [5.41, 5.74) is 3.30. The molecule has 29 heavy (non-hydrogen) atoms. The number of nitrogens with zero attached hydrogens (tertiary/aromatic N) is 3. The molecule has 0 atom stereocenters. The highest BCUT2D eigenvalue weighted by Gasteiger charge is 2.30. The predicted molar refractivity (Wildman–Crippen MR) is 108 cm³/mol. The Hall–Kier alpha value is -3.35. The normalized spacial score (nSPS) is 15.3. The second kappa shape index (κ2) is 7.58. The van der Waals surface area contributed by atoms with Crippen LogP contribution in [0.25, 0.3) is 0 Å². The lowest BCUT2D eigenvalue weighted by Crippen LogP contribution is -2.47. The Bertz CT molecular complexity index is 986. The van der Waals surface area contributed by atoms with Crippen LogP contribution in [-0.2, 0) is 22.6 Å². The molecule has 0 aromatic heterocycles. The third-order valence-electron chi connectivity index (χ3n) is 5.33. The maximum absolute atomic E-state index is 13.0. The zero-order valence-electron chi connectivity index (χ0n) is 16.6. The molecule has 0 fully saturated rings. The van der Waals surface area contributed by atoms with Gasteiger partial charge in [-0.15, -0.1) is 0 Å². The highest BCUT2D eigenvalue weighted by atomic mass is 16.5. The molecule has 0 saturated heterocycles. The molecule has 0 saturated carbocycles. The molecule has 0 bridgehead atoms. The lowest BCUT2D eigenvalue weighted by atomic mass is 10.00. The van der Waals surface area contributed by atoms with Gasteiger partial charge < -0.3 is 14.5 Å². The van der Waals surface area contributed by atoms with Gasteiger partial charge in [-0.3, -0.25) is 19.3 Å². The molecule has 7 nitrogen and oxygen atoms in total. The van der Waals surface area contributed by atoms with Gasteiger partial charge in [-0.2, -0.15) is 0 Å². The number of benzene rings is 2. The second-order valence-corrected chi connectivity index (χ2v) is 7.48. The summed E-state index contributed by atoms with van der Waals surface area (Å²) < 4.78 is 5.49. The number of fused-ring (bicyclic) bond motifs is 2. The first-order chi connectivity index (χ1) is 13.9. The molecule has 0 spiro atoms. The van der Waals surface area contributed by atoms with E-state index in [2.05, 4.69) is 6.07 Å². The zero-order chi connectivity index (χ0) is 20.5. The van der Waals surface area contributed by atoms with Crippen molar-refractivity contribution < 1.29 is 19.1 Å². The summed E-state index contributed by atoms with van der Waals surface area (Å²) in [6.07, 6.45) is 0.803. The van der Waals surface area contributed by atoms with Gasteiger partial charge in [0.25, 0.3) is 11.8 Å². The molecule has 4 rings (SSSR count). The summed E-state index contributed by atoms with van der Waals surface area (Å²) in [5.74, 6) is -0.0933. The van der Waals surface area contributed by atoms with Gasteiger partial charge >= 0.3 is 0 Å². The number of hydrogen-bond acceptors (Lipinski definition) is 4. The van der Waals surface area contributed by atoms with Gasteiger partial charge in [0, 0.05) is 32.7 Å². The Balaban J connectivity index is 1.56. The van der Waals surface area contributed by atoms with Gasteiger partial charge in [-0.25, -0.2) is 0 Å². The molecule has 2 aliphatic heterocycles. The minimum absolute atomic E-state index is 0.0725. The molecule has 2 heterocycles. The molecule has 2 aromatic carbocycles. The van der Waals surface area contributed by atoms with Crippen molar-refractivity contribution in [3.63, 3.8) is 0 Å². The van der Waals surface area contributed by atoms with Crippen LogP contribution >= 0.6 is 0 Å². The monoisotopic (exact) mass is 393 g/mol. The minimum atomic E-state index is -0.294. The lowest BCUT2D eigenvalue weighted by molar-refractivity contribution is -0.132. The van der Waals surface area contributed by atoms with E-state index in [1.807, 2.05) is 18.2 Å².